The van der Waals surface area contributed by atoms with Crippen molar-refractivity contribution < 1.29 is 4.42 Å². The van der Waals surface area contributed by atoms with Crippen molar-refractivity contribution in [1.29, 1.82) is 0 Å². The van der Waals surface area contributed by atoms with Crippen molar-refractivity contribution in [2.75, 3.05) is 0 Å². The molecule has 0 aliphatic rings. The van der Waals surface area contributed by atoms with E-state index in [-0.39, 0.29) is 0 Å². The Bertz CT molecular complexity index is 528. The summed E-state index contributed by atoms with van der Waals surface area (Å²) in [7, 11) is 0. The van der Waals surface area contributed by atoms with Crippen LogP contribution >= 0.6 is 15.9 Å². The van der Waals surface area contributed by atoms with Crippen LogP contribution in [0.3, 0.4) is 0 Å². The zero-order valence-electron chi connectivity index (χ0n) is 9.20. The van der Waals surface area contributed by atoms with Crippen LogP contribution in [0, 0.1) is 13.8 Å². The van der Waals surface area contributed by atoms with Crippen LogP contribution in [0.25, 0.3) is 0 Å². The Hall–Kier alpha value is -1.35. The first-order chi connectivity index (χ1) is 7.66. The fourth-order valence-corrected chi connectivity index (χ4v) is 1.86. The predicted molar refractivity (Wildman–Crippen MR) is 69.6 cm³/mol. The van der Waals surface area contributed by atoms with Gasteiger partial charge in [-0.3, -0.25) is 4.99 Å². The zero-order valence-corrected chi connectivity index (χ0v) is 10.8. The molecule has 0 atom stereocenters. The third-order valence-electron chi connectivity index (χ3n) is 2.27. The lowest BCUT2D eigenvalue weighted by Gasteiger charge is -1.95. The van der Waals surface area contributed by atoms with Gasteiger partial charge in [0.25, 0.3) is 0 Å². The van der Waals surface area contributed by atoms with E-state index in [9.17, 15) is 0 Å². The quantitative estimate of drug-likeness (QED) is 0.747. The fraction of sp³-hybridized carbons (Fsp3) is 0.154. The van der Waals surface area contributed by atoms with Crippen molar-refractivity contribution in [3.8, 4) is 0 Å². The number of hydrogen-bond acceptors (Lipinski definition) is 2. The third kappa shape index (κ3) is 2.42. The second-order valence-corrected chi connectivity index (χ2v) is 4.43. The number of halogens is 1. The van der Waals surface area contributed by atoms with Gasteiger partial charge in [0, 0.05) is 16.3 Å². The van der Waals surface area contributed by atoms with E-state index < -0.39 is 0 Å². The summed E-state index contributed by atoms with van der Waals surface area (Å²) in [6.07, 6.45) is 1.83. The zero-order chi connectivity index (χ0) is 11.5. The van der Waals surface area contributed by atoms with Gasteiger partial charge < -0.3 is 4.42 Å². The topological polar surface area (TPSA) is 25.5 Å². The first-order valence-corrected chi connectivity index (χ1v) is 5.82. The Morgan fingerprint density at radius 3 is 2.62 bits per heavy atom. The maximum Gasteiger partial charge on any atom is 0.109 e. The molecule has 0 spiro atoms. The molecule has 0 N–H and O–H groups in total. The summed E-state index contributed by atoms with van der Waals surface area (Å²) in [5.74, 6) is 1.80. The van der Waals surface area contributed by atoms with E-state index in [0.717, 1.165) is 27.2 Å². The molecule has 0 fully saturated rings. The molecule has 0 bridgehead atoms. The normalized spacial score (nSPS) is 11.2. The highest BCUT2D eigenvalue weighted by molar-refractivity contribution is 9.10. The molecule has 2 rings (SSSR count). The first kappa shape index (κ1) is 11.1. The monoisotopic (exact) mass is 277 g/mol. The molecular weight excluding hydrogens is 266 g/mol. The Morgan fingerprint density at radius 1 is 1.25 bits per heavy atom. The van der Waals surface area contributed by atoms with Gasteiger partial charge in [-0.1, -0.05) is 12.1 Å². The average molecular weight is 278 g/mol. The SMILES string of the molecule is Cc1cc(C=Nc2ccccc2Br)c(C)o1. The number of benzene rings is 1. The maximum atomic E-state index is 5.43. The molecule has 0 amide bonds. The lowest BCUT2D eigenvalue weighted by Crippen LogP contribution is -1.79. The highest BCUT2D eigenvalue weighted by Gasteiger charge is 2.01. The van der Waals surface area contributed by atoms with Crippen LogP contribution in [-0.2, 0) is 0 Å². The van der Waals surface area contributed by atoms with Gasteiger partial charge in [-0.15, -0.1) is 0 Å². The molecule has 1 aromatic carbocycles. The summed E-state index contributed by atoms with van der Waals surface area (Å²) in [4.78, 5) is 4.42. The second-order valence-electron chi connectivity index (χ2n) is 3.58. The highest BCUT2D eigenvalue weighted by Crippen LogP contribution is 2.24. The average Bonchev–Trinajstić information content (AvgIpc) is 2.56. The molecule has 0 unspecified atom stereocenters. The molecule has 0 radical (unpaired) electrons. The number of para-hydroxylation sites is 1. The lowest BCUT2D eigenvalue weighted by molar-refractivity contribution is 0.504. The van der Waals surface area contributed by atoms with Gasteiger partial charge in [0.15, 0.2) is 0 Å². The number of hydrogen-bond donors (Lipinski definition) is 0. The van der Waals surface area contributed by atoms with E-state index in [1.165, 1.54) is 0 Å². The van der Waals surface area contributed by atoms with E-state index >= 15 is 0 Å². The first-order valence-electron chi connectivity index (χ1n) is 5.02. The summed E-state index contributed by atoms with van der Waals surface area (Å²) in [5, 5.41) is 0. The molecule has 0 saturated heterocycles. The van der Waals surface area contributed by atoms with E-state index in [2.05, 4.69) is 20.9 Å². The second kappa shape index (κ2) is 4.66. The number of aryl methyl sites for hydroxylation is 2. The predicted octanol–water partition coefficient (Wildman–Crippen LogP) is 4.41. The molecule has 2 aromatic rings. The van der Waals surface area contributed by atoms with Crippen molar-refractivity contribution in [1.82, 2.24) is 0 Å². The van der Waals surface area contributed by atoms with Gasteiger partial charge in [0.2, 0.25) is 0 Å². The summed E-state index contributed by atoms with van der Waals surface area (Å²) < 4.78 is 6.42. The lowest BCUT2D eigenvalue weighted by atomic mass is 10.2. The smallest absolute Gasteiger partial charge is 0.109 e. The Balaban J connectivity index is 2.28. The fourth-order valence-electron chi connectivity index (χ4n) is 1.47. The van der Waals surface area contributed by atoms with Gasteiger partial charge in [-0.05, 0) is 48.0 Å². The standard InChI is InChI=1S/C13H12BrNO/c1-9-7-11(10(2)16-9)8-15-13-6-4-3-5-12(13)14/h3-8H,1-2H3. The highest BCUT2D eigenvalue weighted by atomic mass is 79.9. The van der Waals surface area contributed by atoms with Crippen LogP contribution in [0.15, 0.2) is 44.2 Å². The van der Waals surface area contributed by atoms with E-state index in [4.69, 9.17) is 4.42 Å². The number of nitrogens with zero attached hydrogens (tertiary/aromatic N) is 1. The Morgan fingerprint density at radius 2 is 2.00 bits per heavy atom. The maximum absolute atomic E-state index is 5.43. The minimum Gasteiger partial charge on any atom is -0.466 e. The van der Waals surface area contributed by atoms with Crippen LogP contribution in [0.4, 0.5) is 5.69 Å². The van der Waals surface area contributed by atoms with Gasteiger partial charge in [0.05, 0.1) is 5.69 Å². The molecule has 1 aromatic heterocycles. The molecule has 0 aliphatic carbocycles. The van der Waals surface area contributed by atoms with E-state index in [1.807, 2.05) is 50.4 Å². The molecule has 16 heavy (non-hydrogen) atoms. The minimum atomic E-state index is 0.897. The molecule has 0 saturated carbocycles. The summed E-state index contributed by atoms with van der Waals surface area (Å²) in [5.41, 5.74) is 1.94. The minimum absolute atomic E-state index is 0.897. The Labute approximate surface area is 103 Å². The van der Waals surface area contributed by atoms with Gasteiger partial charge in [0.1, 0.15) is 11.5 Å². The van der Waals surface area contributed by atoms with Gasteiger partial charge >= 0.3 is 0 Å². The molecular formula is C13H12BrNO. The Kier molecular flexibility index (Phi) is 3.25. The van der Waals surface area contributed by atoms with Crippen molar-refractivity contribution in [2.45, 2.75) is 13.8 Å². The van der Waals surface area contributed by atoms with Crippen LogP contribution in [-0.4, -0.2) is 6.21 Å². The molecule has 82 valence electrons. The van der Waals surface area contributed by atoms with E-state index in [0.29, 0.717) is 0 Å². The number of rotatable bonds is 2. The molecule has 1 heterocycles. The van der Waals surface area contributed by atoms with Gasteiger partial charge in [-0.25, -0.2) is 0 Å². The van der Waals surface area contributed by atoms with Crippen molar-refractivity contribution in [2.24, 2.45) is 4.99 Å². The number of furan rings is 1. The van der Waals surface area contributed by atoms with E-state index in [1.54, 1.807) is 0 Å². The van der Waals surface area contributed by atoms with Gasteiger partial charge in [-0.2, -0.15) is 0 Å². The molecule has 2 nitrogen and oxygen atoms in total. The van der Waals surface area contributed by atoms with Crippen molar-refractivity contribution in [3.05, 3.63) is 51.9 Å². The summed E-state index contributed by atoms with van der Waals surface area (Å²) in [6.45, 7) is 3.87. The molecule has 0 aliphatic heterocycles. The third-order valence-corrected chi connectivity index (χ3v) is 2.95. The molecule has 3 heteroatoms. The summed E-state index contributed by atoms with van der Waals surface area (Å²) in [6, 6.07) is 9.85. The van der Waals surface area contributed by atoms with Crippen LogP contribution in [0.1, 0.15) is 17.1 Å². The van der Waals surface area contributed by atoms with Crippen molar-refractivity contribution in [3.63, 3.8) is 0 Å². The van der Waals surface area contributed by atoms with Crippen LogP contribution in [0.2, 0.25) is 0 Å². The van der Waals surface area contributed by atoms with Crippen LogP contribution < -0.4 is 0 Å². The largest absolute Gasteiger partial charge is 0.466 e. The van der Waals surface area contributed by atoms with Crippen LogP contribution in [0.5, 0.6) is 0 Å². The van der Waals surface area contributed by atoms with Crippen molar-refractivity contribution >= 4 is 27.8 Å². The summed E-state index contributed by atoms with van der Waals surface area (Å²) >= 11 is 3.46. The number of aliphatic imine (C=N–C) groups is 1.